The fourth-order valence-electron chi connectivity index (χ4n) is 7.69. The first-order chi connectivity index (χ1) is 22.7. The van der Waals surface area contributed by atoms with Gasteiger partial charge in [-0.2, -0.15) is 0 Å². The number of non-ortho nitro benzene ring substituents is 1. The maximum Gasteiger partial charge on any atom is 0.271 e. The molecule has 0 bridgehead atoms. The number of benzene rings is 3. The Morgan fingerprint density at radius 1 is 0.979 bits per heavy atom. The number of nitro groups is 1. The first-order valence-electron chi connectivity index (χ1n) is 14.7. The van der Waals surface area contributed by atoms with Gasteiger partial charge in [-0.1, -0.05) is 17.7 Å². The predicted molar refractivity (Wildman–Crippen MR) is 175 cm³/mol. The molecule has 4 aliphatic rings. The summed E-state index contributed by atoms with van der Waals surface area (Å²) in [5.41, 5.74) is 0.542. The Bertz CT molecular complexity index is 2010. The summed E-state index contributed by atoms with van der Waals surface area (Å²) in [5, 5.41) is 22.1. The molecule has 15 heteroatoms. The van der Waals surface area contributed by atoms with Crippen molar-refractivity contribution in [2.75, 3.05) is 16.9 Å². The van der Waals surface area contributed by atoms with Gasteiger partial charge in [0.25, 0.3) is 17.5 Å². The fraction of sp³-hybridized carbons (Fsp3) is 0.273. The van der Waals surface area contributed by atoms with Crippen LogP contribution in [0.1, 0.15) is 24.3 Å². The van der Waals surface area contributed by atoms with Crippen molar-refractivity contribution in [2.24, 2.45) is 17.8 Å². The Morgan fingerprint density at radius 2 is 1.69 bits per heavy atom. The number of carbonyl (C=O) groups excluding carboxylic acids is 4. The third-order valence-corrected chi connectivity index (χ3v) is 11.8. The molecule has 2 aliphatic carbocycles. The lowest BCUT2D eigenvalue weighted by Crippen LogP contribution is -2.60. The van der Waals surface area contributed by atoms with Crippen LogP contribution in [-0.2, 0) is 19.2 Å². The van der Waals surface area contributed by atoms with Crippen molar-refractivity contribution >= 4 is 79.8 Å². The fourth-order valence-corrected chi connectivity index (χ4v) is 9.08. The summed E-state index contributed by atoms with van der Waals surface area (Å²) in [6.07, 6.45) is 1.47. The van der Waals surface area contributed by atoms with Gasteiger partial charge in [0.1, 0.15) is 5.82 Å². The number of alkyl halides is 2. The van der Waals surface area contributed by atoms with Crippen LogP contribution in [-0.4, -0.2) is 50.5 Å². The minimum absolute atomic E-state index is 0.0207. The molecule has 4 amide bonds. The highest BCUT2D eigenvalue weighted by molar-refractivity contribution is 9.10. The molecule has 11 nitrogen and oxygen atoms in total. The number of amides is 4. The van der Waals surface area contributed by atoms with Crippen LogP contribution < -0.4 is 14.5 Å². The van der Waals surface area contributed by atoms with Crippen molar-refractivity contribution in [1.82, 2.24) is 0 Å². The topological polar surface area (TPSA) is 147 Å². The molecule has 48 heavy (non-hydrogen) atoms. The number of ether oxygens (including phenoxy) is 1. The number of imide groups is 2. The van der Waals surface area contributed by atoms with Gasteiger partial charge < -0.3 is 9.84 Å². The van der Waals surface area contributed by atoms with Crippen LogP contribution in [0.25, 0.3) is 0 Å². The van der Waals surface area contributed by atoms with E-state index in [-0.39, 0.29) is 45.9 Å². The number of aromatic hydroxyl groups is 1. The molecule has 3 aromatic rings. The van der Waals surface area contributed by atoms with E-state index in [1.54, 1.807) is 6.08 Å². The SMILES string of the molecule is COc1cc([C@H]2C3=CC[C@@H]4C(=O)N(c5cccc([N+](=O)[O-])c5)C(=O)[C@@H]4[C@@H]3C[C@@]3(Cl)C(=O)N(c4ccc(F)cc4)C(=O)[C@@]23Cl)cc(Br)c1O. The lowest BCUT2D eigenvalue weighted by molar-refractivity contribution is -0.384. The summed E-state index contributed by atoms with van der Waals surface area (Å²) in [6.45, 7) is 0. The number of phenolic OH excluding ortho intramolecular Hbond substituents is 1. The average molecular weight is 759 g/mol. The van der Waals surface area contributed by atoms with Crippen molar-refractivity contribution < 1.29 is 38.3 Å². The molecular formula is C33H23BrCl2FN3O8. The maximum atomic E-state index is 14.5. The Balaban J connectivity index is 1.41. The number of nitrogens with zero attached hydrogens (tertiary/aromatic N) is 3. The smallest absolute Gasteiger partial charge is 0.271 e. The number of halogens is 4. The molecule has 246 valence electrons. The molecule has 3 aromatic carbocycles. The van der Waals surface area contributed by atoms with Crippen molar-refractivity contribution in [3.8, 4) is 11.5 Å². The van der Waals surface area contributed by atoms with Gasteiger partial charge in [0, 0.05) is 18.1 Å². The highest BCUT2D eigenvalue weighted by atomic mass is 79.9. The molecule has 0 unspecified atom stereocenters. The monoisotopic (exact) mass is 757 g/mol. The Labute approximate surface area is 290 Å². The summed E-state index contributed by atoms with van der Waals surface area (Å²) in [5.74, 6) is -7.81. The van der Waals surface area contributed by atoms with E-state index in [0.29, 0.717) is 11.1 Å². The number of carbonyl (C=O) groups is 4. The number of rotatable bonds is 5. The lowest BCUT2D eigenvalue weighted by Gasteiger charge is -2.50. The first-order valence-corrected chi connectivity index (χ1v) is 16.2. The lowest BCUT2D eigenvalue weighted by atomic mass is 9.56. The van der Waals surface area contributed by atoms with E-state index in [0.717, 1.165) is 28.0 Å². The number of anilines is 2. The van der Waals surface area contributed by atoms with E-state index in [1.807, 2.05) is 0 Å². The van der Waals surface area contributed by atoms with Gasteiger partial charge in [0.05, 0.1) is 39.7 Å². The zero-order valence-corrected chi connectivity index (χ0v) is 27.8. The molecule has 2 saturated heterocycles. The van der Waals surface area contributed by atoms with Crippen molar-refractivity contribution in [3.63, 3.8) is 0 Å². The molecular weight excluding hydrogens is 736 g/mol. The zero-order valence-electron chi connectivity index (χ0n) is 24.7. The zero-order chi connectivity index (χ0) is 34.4. The molecule has 0 spiro atoms. The van der Waals surface area contributed by atoms with Crippen LogP contribution in [0.5, 0.6) is 11.5 Å². The Morgan fingerprint density at radius 3 is 2.35 bits per heavy atom. The normalized spacial score (nSPS) is 29.4. The number of phenols is 1. The highest BCUT2D eigenvalue weighted by Gasteiger charge is 2.76. The van der Waals surface area contributed by atoms with Crippen LogP contribution in [0.15, 0.2) is 76.8 Å². The molecule has 0 radical (unpaired) electrons. The van der Waals surface area contributed by atoms with E-state index >= 15 is 0 Å². The van der Waals surface area contributed by atoms with E-state index in [9.17, 15) is 38.8 Å². The molecule has 1 N–H and O–H groups in total. The highest BCUT2D eigenvalue weighted by Crippen LogP contribution is 2.66. The second-order valence-electron chi connectivity index (χ2n) is 12.1. The van der Waals surface area contributed by atoms with E-state index in [4.69, 9.17) is 27.9 Å². The van der Waals surface area contributed by atoms with E-state index in [2.05, 4.69) is 15.9 Å². The van der Waals surface area contributed by atoms with Crippen LogP contribution >= 0.6 is 39.1 Å². The Hall–Kier alpha value is -4.33. The number of hydrogen-bond donors (Lipinski definition) is 1. The van der Waals surface area contributed by atoms with Crippen molar-refractivity contribution in [3.05, 3.63) is 98.3 Å². The molecule has 0 aromatic heterocycles. The van der Waals surface area contributed by atoms with Gasteiger partial charge in [0.2, 0.25) is 11.8 Å². The standard InChI is InChI=1S/C33H23BrCl2FN3O8/c1-48-24-12-15(11-23(34)27(24)41)26-20-9-10-21-25(29(43)38(28(21)42)18-3-2-4-19(13-18)40(46)47)22(20)14-32(35)30(44)39(31(45)33(26,32)36)17-7-5-16(37)6-8-17/h2-9,11-13,21-22,25-26,41H,10,14H2,1H3/t21-,22+,25-,26-,32+,33-/m0/s1. The molecule has 7 rings (SSSR count). The minimum atomic E-state index is -2.19. The summed E-state index contributed by atoms with van der Waals surface area (Å²) >= 11 is 18.0. The van der Waals surface area contributed by atoms with Crippen molar-refractivity contribution in [2.45, 2.75) is 28.5 Å². The first kappa shape index (κ1) is 32.2. The predicted octanol–water partition coefficient (Wildman–Crippen LogP) is 5.98. The summed E-state index contributed by atoms with van der Waals surface area (Å²) < 4.78 is 19.4. The van der Waals surface area contributed by atoms with Gasteiger partial charge in [-0.3, -0.25) is 29.3 Å². The maximum absolute atomic E-state index is 14.5. The summed E-state index contributed by atoms with van der Waals surface area (Å²) in [7, 11) is 1.33. The summed E-state index contributed by atoms with van der Waals surface area (Å²) in [6, 6.07) is 12.8. The van der Waals surface area contributed by atoms with E-state index in [1.165, 1.54) is 49.6 Å². The van der Waals surface area contributed by atoms with Gasteiger partial charge in [-0.15, -0.1) is 23.2 Å². The van der Waals surface area contributed by atoms with Crippen LogP contribution in [0.4, 0.5) is 21.5 Å². The largest absolute Gasteiger partial charge is 0.503 e. The number of fused-ring (bicyclic) bond motifs is 4. The molecule has 6 atom stereocenters. The molecule has 2 heterocycles. The number of hydrogen-bond acceptors (Lipinski definition) is 8. The number of nitro benzene ring substituents is 1. The molecule has 3 fully saturated rings. The third kappa shape index (κ3) is 4.30. The second-order valence-corrected chi connectivity index (χ2v) is 14.2. The van der Waals surface area contributed by atoms with Crippen LogP contribution in [0, 0.1) is 33.7 Å². The average Bonchev–Trinajstić information content (AvgIpc) is 3.40. The summed E-state index contributed by atoms with van der Waals surface area (Å²) in [4.78, 5) is 65.1. The number of methoxy groups -OCH3 is 1. The Kier molecular flexibility index (Phi) is 7.46. The number of allylic oxidation sites excluding steroid dienone is 2. The van der Waals surface area contributed by atoms with Crippen LogP contribution in [0.2, 0.25) is 0 Å². The quantitative estimate of drug-likeness (QED) is 0.110. The van der Waals surface area contributed by atoms with Crippen LogP contribution in [0.3, 0.4) is 0 Å². The van der Waals surface area contributed by atoms with Gasteiger partial charge in [-0.25, -0.2) is 14.2 Å². The van der Waals surface area contributed by atoms with Crippen molar-refractivity contribution in [1.29, 1.82) is 0 Å². The second kappa shape index (κ2) is 11.1. The minimum Gasteiger partial charge on any atom is -0.503 e. The van der Waals surface area contributed by atoms with Gasteiger partial charge >= 0.3 is 0 Å². The van der Waals surface area contributed by atoms with E-state index < -0.39 is 67.8 Å². The van der Waals surface area contributed by atoms with Gasteiger partial charge in [0.15, 0.2) is 21.2 Å². The third-order valence-electron chi connectivity index (χ3n) is 9.80. The molecule has 2 aliphatic heterocycles. The molecule has 1 saturated carbocycles. The van der Waals surface area contributed by atoms with Gasteiger partial charge in [-0.05, 0) is 82.7 Å².